The third-order valence-corrected chi connectivity index (χ3v) is 2.30. The molecule has 0 amide bonds. The van der Waals surface area contributed by atoms with Gasteiger partial charge in [0.05, 0.1) is 5.56 Å². The van der Waals surface area contributed by atoms with Gasteiger partial charge in [-0.1, -0.05) is 16.8 Å². The first kappa shape index (κ1) is 12.3. The smallest absolute Gasteiger partial charge is 0.335 e. The summed E-state index contributed by atoms with van der Waals surface area (Å²) in [5, 5.41) is 15.6. The molecule has 2 rings (SSSR count). The summed E-state index contributed by atoms with van der Waals surface area (Å²) in [6.07, 6.45) is 1.78. The van der Waals surface area contributed by atoms with Crippen molar-refractivity contribution in [2.24, 2.45) is 0 Å². The number of halogens is 1. The molecule has 0 saturated carbocycles. The summed E-state index contributed by atoms with van der Waals surface area (Å²) in [6, 6.07) is 2.69. The largest absolute Gasteiger partial charge is 0.478 e. The normalized spacial score (nSPS) is 10.3. The second-order valence-electron chi connectivity index (χ2n) is 3.39. The number of hydrogen-bond acceptors (Lipinski definition) is 6. The Bertz CT molecular complexity index is 544. The van der Waals surface area contributed by atoms with E-state index in [-0.39, 0.29) is 10.7 Å². The highest BCUT2D eigenvalue weighted by molar-refractivity contribution is 6.29. The number of hydrogen-bond donors (Lipinski definition) is 2. The molecule has 2 aromatic rings. The van der Waals surface area contributed by atoms with Gasteiger partial charge in [0, 0.05) is 13.0 Å². The van der Waals surface area contributed by atoms with Crippen molar-refractivity contribution in [3.8, 4) is 0 Å². The highest BCUT2D eigenvalue weighted by atomic mass is 35.5. The van der Waals surface area contributed by atoms with E-state index in [4.69, 9.17) is 16.7 Å². The van der Waals surface area contributed by atoms with Crippen LogP contribution < -0.4 is 5.32 Å². The number of nitrogens with zero attached hydrogens (tertiary/aromatic N) is 3. The molecule has 0 unspecified atom stereocenters. The van der Waals surface area contributed by atoms with Crippen LogP contribution >= 0.6 is 11.6 Å². The maximum absolute atomic E-state index is 10.8. The molecule has 0 bridgehead atoms. The monoisotopic (exact) mass is 268 g/mol. The van der Waals surface area contributed by atoms with E-state index in [0.29, 0.717) is 24.6 Å². The number of carbonyl (C=O) groups is 1. The molecule has 0 fully saturated rings. The molecule has 18 heavy (non-hydrogen) atoms. The van der Waals surface area contributed by atoms with Crippen LogP contribution in [0.1, 0.15) is 16.2 Å². The van der Waals surface area contributed by atoms with Gasteiger partial charge in [-0.15, -0.1) is 0 Å². The third-order valence-electron chi connectivity index (χ3n) is 2.10. The Balaban J connectivity index is 1.98. The Morgan fingerprint density at radius 1 is 1.50 bits per heavy atom. The first-order chi connectivity index (χ1) is 8.65. The van der Waals surface area contributed by atoms with Crippen LogP contribution in [0.25, 0.3) is 0 Å². The van der Waals surface area contributed by atoms with Crippen molar-refractivity contribution in [1.82, 2.24) is 15.1 Å². The zero-order valence-electron chi connectivity index (χ0n) is 9.13. The number of anilines is 1. The number of nitrogens with one attached hydrogen (secondary N) is 1. The lowest BCUT2D eigenvalue weighted by Crippen LogP contribution is -2.08. The summed E-state index contributed by atoms with van der Waals surface area (Å²) in [5.74, 6) is -0.105. The Labute approximate surface area is 107 Å². The minimum absolute atomic E-state index is 0.0806. The van der Waals surface area contributed by atoms with Gasteiger partial charge in [0.1, 0.15) is 11.0 Å². The second kappa shape index (κ2) is 5.46. The molecule has 0 aromatic carbocycles. The van der Waals surface area contributed by atoms with Crippen molar-refractivity contribution < 1.29 is 14.4 Å². The van der Waals surface area contributed by atoms with Crippen LogP contribution in [-0.4, -0.2) is 32.7 Å². The van der Waals surface area contributed by atoms with Gasteiger partial charge in [-0.3, -0.25) is 0 Å². The highest BCUT2D eigenvalue weighted by Gasteiger charge is 2.07. The van der Waals surface area contributed by atoms with Crippen molar-refractivity contribution in [3.63, 3.8) is 0 Å². The molecular weight excluding hydrogens is 260 g/mol. The second-order valence-corrected chi connectivity index (χ2v) is 3.78. The van der Waals surface area contributed by atoms with Crippen molar-refractivity contribution in [2.75, 3.05) is 11.9 Å². The predicted molar refractivity (Wildman–Crippen MR) is 62.7 cm³/mol. The van der Waals surface area contributed by atoms with Gasteiger partial charge in [-0.25, -0.2) is 9.78 Å². The van der Waals surface area contributed by atoms with Crippen molar-refractivity contribution in [1.29, 1.82) is 0 Å². The van der Waals surface area contributed by atoms with Crippen molar-refractivity contribution >= 4 is 23.4 Å². The van der Waals surface area contributed by atoms with Gasteiger partial charge in [0.2, 0.25) is 6.39 Å². The average Bonchev–Trinajstić information content (AvgIpc) is 2.81. The molecule has 7 nitrogen and oxygen atoms in total. The van der Waals surface area contributed by atoms with Gasteiger partial charge in [-0.05, 0) is 12.1 Å². The Morgan fingerprint density at radius 3 is 3.00 bits per heavy atom. The number of carboxylic acids is 1. The quantitative estimate of drug-likeness (QED) is 0.792. The SMILES string of the molecule is O=C(O)c1cc(Cl)nc(NCCc2ncon2)c1. The molecule has 2 N–H and O–H groups in total. The van der Waals surface area contributed by atoms with E-state index in [2.05, 4.69) is 25.0 Å². The third kappa shape index (κ3) is 3.17. The maximum atomic E-state index is 10.8. The zero-order valence-corrected chi connectivity index (χ0v) is 9.89. The average molecular weight is 269 g/mol. The van der Waals surface area contributed by atoms with Gasteiger partial charge in [0.15, 0.2) is 5.82 Å². The Morgan fingerprint density at radius 2 is 2.33 bits per heavy atom. The molecule has 0 aliphatic carbocycles. The van der Waals surface area contributed by atoms with E-state index in [1.165, 1.54) is 18.5 Å². The molecule has 0 aliphatic rings. The fraction of sp³-hybridized carbons (Fsp3) is 0.200. The van der Waals surface area contributed by atoms with Crippen LogP contribution in [0.3, 0.4) is 0 Å². The summed E-state index contributed by atoms with van der Waals surface area (Å²) in [4.78, 5) is 18.6. The fourth-order valence-corrected chi connectivity index (χ4v) is 1.52. The number of carboxylic acid groups (broad SMARTS) is 1. The molecule has 0 atom stereocenters. The summed E-state index contributed by atoms with van der Waals surface area (Å²) in [5.41, 5.74) is 0.0806. The van der Waals surface area contributed by atoms with Gasteiger partial charge in [-0.2, -0.15) is 4.98 Å². The number of aromatic carboxylic acids is 1. The Kier molecular flexibility index (Phi) is 3.73. The molecule has 2 heterocycles. The zero-order chi connectivity index (χ0) is 13.0. The fourth-order valence-electron chi connectivity index (χ4n) is 1.32. The van der Waals surface area contributed by atoms with Crippen LogP contribution in [-0.2, 0) is 6.42 Å². The molecular formula is C10H9ClN4O3. The van der Waals surface area contributed by atoms with Crippen LogP contribution in [0, 0.1) is 0 Å². The van der Waals surface area contributed by atoms with Crippen molar-refractivity contribution in [2.45, 2.75) is 6.42 Å². The Hall–Kier alpha value is -2.15. The van der Waals surface area contributed by atoms with Crippen LogP contribution in [0.5, 0.6) is 0 Å². The van der Waals surface area contributed by atoms with Crippen LogP contribution in [0.4, 0.5) is 5.82 Å². The van der Waals surface area contributed by atoms with E-state index in [1.54, 1.807) is 0 Å². The molecule has 0 saturated heterocycles. The molecule has 2 aromatic heterocycles. The summed E-state index contributed by atoms with van der Waals surface area (Å²) >= 11 is 5.72. The molecule has 0 aliphatic heterocycles. The maximum Gasteiger partial charge on any atom is 0.335 e. The van der Waals surface area contributed by atoms with Crippen LogP contribution in [0.2, 0.25) is 5.15 Å². The first-order valence-electron chi connectivity index (χ1n) is 5.05. The summed E-state index contributed by atoms with van der Waals surface area (Å²) in [7, 11) is 0. The number of rotatable bonds is 5. The van der Waals surface area contributed by atoms with Gasteiger partial charge >= 0.3 is 5.97 Å². The molecule has 94 valence electrons. The topological polar surface area (TPSA) is 101 Å². The molecule has 0 radical (unpaired) electrons. The van der Waals surface area contributed by atoms with E-state index in [9.17, 15) is 4.79 Å². The minimum atomic E-state index is -1.06. The first-order valence-corrected chi connectivity index (χ1v) is 5.43. The van der Waals surface area contributed by atoms with Gasteiger partial charge in [0.25, 0.3) is 0 Å². The highest BCUT2D eigenvalue weighted by Crippen LogP contribution is 2.14. The van der Waals surface area contributed by atoms with E-state index in [1.807, 2.05) is 0 Å². The van der Waals surface area contributed by atoms with Gasteiger partial charge < -0.3 is 14.9 Å². The predicted octanol–water partition coefficient (Wildman–Crippen LogP) is 1.47. The van der Waals surface area contributed by atoms with E-state index < -0.39 is 5.97 Å². The standard InChI is InChI=1S/C10H9ClN4O3/c11-7-3-6(10(16)17)4-9(14-7)12-2-1-8-13-5-18-15-8/h3-5H,1-2H2,(H,12,14)(H,16,17). The van der Waals surface area contributed by atoms with E-state index >= 15 is 0 Å². The lowest BCUT2D eigenvalue weighted by molar-refractivity contribution is 0.0697. The lowest BCUT2D eigenvalue weighted by atomic mass is 10.2. The molecule has 0 spiro atoms. The molecule has 8 heteroatoms. The van der Waals surface area contributed by atoms with E-state index in [0.717, 1.165) is 0 Å². The minimum Gasteiger partial charge on any atom is -0.478 e. The lowest BCUT2D eigenvalue weighted by Gasteiger charge is -2.05. The number of aromatic nitrogens is 3. The van der Waals surface area contributed by atoms with Crippen LogP contribution in [0.15, 0.2) is 23.0 Å². The number of pyridine rings is 1. The summed E-state index contributed by atoms with van der Waals surface area (Å²) < 4.78 is 4.58. The van der Waals surface area contributed by atoms with Crippen molar-refractivity contribution in [3.05, 3.63) is 35.1 Å². The summed E-state index contributed by atoms with van der Waals surface area (Å²) in [6.45, 7) is 0.492.